The minimum Gasteiger partial charge on any atom is -0.435 e. The first kappa shape index (κ1) is 19.4. The SMILES string of the molecule is CCCCC1=CCC([C@H]2CC[C@H](c3ccc(OC(F)F)cc3)CC2)CC1. The van der Waals surface area contributed by atoms with E-state index in [2.05, 4.69) is 17.7 Å². The Morgan fingerprint density at radius 2 is 1.73 bits per heavy atom. The molecule has 1 atom stereocenters. The van der Waals surface area contributed by atoms with Crippen LogP contribution in [0.3, 0.4) is 0 Å². The predicted molar refractivity (Wildman–Crippen MR) is 103 cm³/mol. The van der Waals surface area contributed by atoms with Crippen molar-refractivity contribution in [3.8, 4) is 5.75 Å². The van der Waals surface area contributed by atoms with Gasteiger partial charge in [0.25, 0.3) is 0 Å². The zero-order chi connectivity index (χ0) is 18.4. The molecule has 0 spiro atoms. The lowest BCUT2D eigenvalue weighted by Gasteiger charge is -2.35. The maximum absolute atomic E-state index is 12.3. The van der Waals surface area contributed by atoms with Crippen LogP contribution < -0.4 is 4.74 Å². The van der Waals surface area contributed by atoms with Crippen LogP contribution in [0.2, 0.25) is 0 Å². The van der Waals surface area contributed by atoms with Gasteiger partial charge >= 0.3 is 6.61 Å². The summed E-state index contributed by atoms with van der Waals surface area (Å²) in [7, 11) is 0. The Hall–Kier alpha value is -1.38. The Balaban J connectivity index is 1.46. The van der Waals surface area contributed by atoms with E-state index in [1.54, 1.807) is 17.7 Å². The summed E-state index contributed by atoms with van der Waals surface area (Å²) in [6.45, 7) is -0.479. The van der Waals surface area contributed by atoms with Gasteiger partial charge in [-0.05, 0) is 93.2 Å². The molecule has 1 nitrogen and oxygen atoms in total. The second kappa shape index (κ2) is 9.53. The van der Waals surface area contributed by atoms with Crippen molar-refractivity contribution in [3.05, 3.63) is 41.5 Å². The monoisotopic (exact) mass is 362 g/mol. The molecule has 0 aromatic heterocycles. The van der Waals surface area contributed by atoms with E-state index in [1.807, 2.05) is 12.1 Å². The largest absolute Gasteiger partial charge is 0.435 e. The van der Waals surface area contributed by atoms with Crippen molar-refractivity contribution in [3.63, 3.8) is 0 Å². The molecule has 2 aliphatic carbocycles. The number of unbranched alkanes of at least 4 members (excludes halogenated alkanes) is 1. The number of allylic oxidation sites excluding steroid dienone is 2. The summed E-state index contributed by atoms with van der Waals surface area (Å²) >= 11 is 0. The van der Waals surface area contributed by atoms with Crippen molar-refractivity contribution in [1.82, 2.24) is 0 Å². The molecule has 3 rings (SSSR count). The molecule has 26 heavy (non-hydrogen) atoms. The first-order valence-corrected chi connectivity index (χ1v) is 10.4. The number of halogens is 2. The van der Waals surface area contributed by atoms with Gasteiger partial charge < -0.3 is 4.74 Å². The maximum atomic E-state index is 12.3. The van der Waals surface area contributed by atoms with Crippen LogP contribution in [0.5, 0.6) is 5.75 Å². The molecule has 0 amide bonds. The van der Waals surface area contributed by atoms with E-state index in [9.17, 15) is 8.78 Å². The van der Waals surface area contributed by atoms with Crippen LogP contribution in [0.4, 0.5) is 8.78 Å². The van der Waals surface area contributed by atoms with E-state index >= 15 is 0 Å². The lowest BCUT2D eigenvalue weighted by atomic mass is 9.70. The number of ether oxygens (including phenoxy) is 1. The van der Waals surface area contributed by atoms with E-state index in [0.717, 1.165) is 11.8 Å². The fraction of sp³-hybridized carbons (Fsp3) is 0.652. The van der Waals surface area contributed by atoms with E-state index < -0.39 is 6.61 Å². The van der Waals surface area contributed by atoms with Gasteiger partial charge in [0.05, 0.1) is 0 Å². The normalized spacial score (nSPS) is 26.6. The summed E-state index contributed by atoms with van der Waals surface area (Å²) in [5.41, 5.74) is 2.97. The standard InChI is InChI=1S/C23H32F2O/c1-2-3-4-17-5-7-18(8-6-17)19-9-11-20(12-10-19)21-13-15-22(16-14-21)26-23(24)25/h5,13-16,18-20,23H,2-4,6-12H2,1H3/t18?,19-,20-. The van der Waals surface area contributed by atoms with Crippen molar-refractivity contribution < 1.29 is 13.5 Å². The molecule has 1 aromatic carbocycles. The topological polar surface area (TPSA) is 9.23 Å². The molecule has 1 aromatic rings. The van der Waals surface area contributed by atoms with E-state index in [-0.39, 0.29) is 5.75 Å². The first-order chi connectivity index (χ1) is 12.7. The molecular formula is C23H32F2O. The fourth-order valence-electron chi connectivity index (χ4n) is 4.81. The summed E-state index contributed by atoms with van der Waals surface area (Å²) in [5, 5.41) is 0. The Morgan fingerprint density at radius 3 is 2.31 bits per heavy atom. The van der Waals surface area contributed by atoms with Gasteiger partial charge in [0.2, 0.25) is 0 Å². The number of hydrogen-bond acceptors (Lipinski definition) is 1. The first-order valence-electron chi connectivity index (χ1n) is 10.4. The third-order valence-corrected chi connectivity index (χ3v) is 6.41. The Labute approximate surface area is 156 Å². The predicted octanol–water partition coefficient (Wildman–Crippen LogP) is 7.48. The molecule has 1 fully saturated rings. The van der Waals surface area contributed by atoms with Crippen molar-refractivity contribution in [2.24, 2.45) is 11.8 Å². The van der Waals surface area contributed by atoms with E-state index in [4.69, 9.17) is 0 Å². The van der Waals surface area contributed by atoms with Crippen LogP contribution in [-0.2, 0) is 0 Å². The third-order valence-electron chi connectivity index (χ3n) is 6.41. The molecule has 2 aliphatic rings. The van der Waals surface area contributed by atoms with Crippen molar-refractivity contribution in [2.75, 3.05) is 0 Å². The fourth-order valence-corrected chi connectivity index (χ4v) is 4.81. The van der Waals surface area contributed by atoms with Crippen LogP contribution in [-0.4, -0.2) is 6.61 Å². The molecule has 0 saturated heterocycles. The lowest BCUT2D eigenvalue weighted by molar-refractivity contribution is -0.0498. The second-order valence-electron chi connectivity index (χ2n) is 8.06. The number of benzene rings is 1. The number of alkyl halides is 2. The average Bonchev–Trinajstić information content (AvgIpc) is 2.67. The Morgan fingerprint density at radius 1 is 1.00 bits per heavy atom. The van der Waals surface area contributed by atoms with Gasteiger partial charge in [0.15, 0.2) is 0 Å². The average molecular weight is 363 g/mol. The highest BCUT2D eigenvalue weighted by Crippen LogP contribution is 2.43. The molecule has 0 aliphatic heterocycles. The second-order valence-corrected chi connectivity index (χ2v) is 8.06. The quantitative estimate of drug-likeness (QED) is 0.457. The van der Waals surface area contributed by atoms with Crippen LogP contribution in [0, 0.1) is 11.8 Å². The highest BCUT2D eigenvalue weighted by molar-refractivity contribution is 5.29. The highest BCUT2D eigenvalue weighted by Gasteiger charge is 2.29. The van der Waals surface area contributed by atoms with Gasteiger partial charge in [-0.1, -0.05) is 37.1 Å². The van der Waals surface area contributed by atoms with Crippen LogP contribution in [0.25, 0.3) is 0 Å². The molecule has 1 unspecified atom stereocenters. The summed E-state index contributed by atoms with van der Waals surface area (Å²) in [6.07, 6.45) is 15.5. The zero-order valence-corrected chi connectivity index (χ0v) is 15.9. The molecule has 1 saturated carbocycles. The molecule has 0 radical (unpaired) electrons. The minimum absolute atomic E-state index is 0.255. The maximum Gasteiger partial charge on any atom is 0.387 e. The number of hydrogen-bond donors (Lipinski definition) is 0. The molecule has 3 heteroatoms. The van der Waals surface area contributed by atoms with Crippen LogP contribution in [0.1, 0.15) is 82.6 Å². The van der Waals surface area contributed by atoms with Crippen molar-refractivity contribution in [1.29, 1.82) is 0 Å². The van der Waals surface area contributed by atoms with Gasteiger partial charge in [-0.3, -0.25) is 0 Å². The van der Waals surface area contributed by atoms with Crippen LogP contribution >= 0.6 is 0 Å². The summed E-state index contributed by atoms with van der Waals surface area (Å²) < 4.78 is 29.0. The van der Waals surface area contributed by atoms with Gasteiger partial charge in [-0.15, -0.1) is 0 Å². The Bertz CT molecular complexity index is 570. The molecular weight excluding hydrogens is 330 g/mol. The van der Waals surface area contributed by atoms with Gasteiger partial charge in [-0.2, -0.15) is 8.78 Å². The van der Waals surface area contributed by atoms with Crippen molar-refractivity contribution >= 4 is 0 Å². The molecule has 0 N–H and O–H groups in total. The molecule has 144 valence electrons. The Kier molecular flexibility index (Phi) is 7.10. The van der Waals surface area contributed by atoms with Gasteiger partial charge in [0, 0.05) is 0 Å². The zero-order valence-electron chi connectivity index (χ0n) is 15.9. The highest BCUT2D eigenvalue weighted by atomic mass is 19.3. The van der Waals surface area contributed by atoms with E-state index in [1.165, 1.54) is 69.8 Å². The minimum atomic E-state index is -2.75. The van der Waals surface area contributed by atoms with Crippen LogP contribution in [0.15, 0.2) is 35.9 Å². The van der Waals surface area contributed by atoms with Crippen molar-refractivity contribution in [2.45, 2.75) is 83.7 Å². The summed E-state index contributed by atoms with van der Waals surface area (Å²) in [4.78, 5) is 0. The third kappa shape index (κ3) is 5.31. The number of rotatable bonds is 7. The molecule has 0 heterocycles. The lowest BCUT2D eigenvalue weighted by Crippen LogP contribution is -2.22. The summed E-state index contributed by atoms with van der Waals surface area (Å²) in [5.74, 6) is 2.58. The smallest absolute Gasteiger partial charge is 0.387 e. The van der Waals surface area contributed by atoms with Gasteiger partial charge in [-0.25, -0.2) is 0 Å². The molecule has 0 bridgehead atoms. The van der Waals surface area contributed by atoms with Gasteiger partial charge in [0.1, 0.15) is 5.75 Å². The van der Waals surface area contributed by atoms with E-state index in [0.29, 0.717) is 5.92 Å². The summed E-state index contributed by atoms with van der Waals surface area (Å²) in [6, 6.07) is 7.28.